The van der Waals surface area contributed by atoms with Crippen molar-refractivity contribution in [3.05, 3.63) is 41.2 Å². The number of rotatable bonds is 3. The highest BCUT2D eigenvalue weighted by atomic mass is 16.2. The van der Waals surface area contributed by atoms with Gasteiger partial charge in [0.2, 0.25) is 5.91 Å². The number of hydrogen-bond acceptors (Lipinski definition) is 4. The van der Waals surface area contributed by atoms with E-state index < -0.39 is 0 Å². The lowest BCUT2D eigenvalue weighted by Gasteiger charge is -2.25. The lowest BCUT2D eigenvalue weighted by Crippen LogP contribution is -2.33. The lowest BCUT2D eigenvalue weighted by atomic mass is 9.82. The fourth-order valence-electron chi connectivity index (χ4n) is 2.76. The number of H-pyrrole nitrogens is 1. The molecular weight excluding hydrogens is 254 g/mol. The molecule has 1 aromatic heterocycles. The summed E-state index contributed by atoms with van der Waals surface area (Å²) in [5, 5.41) is 16.7. The van der Waals surface area contributed by atoms with Crippen LogP contribution in [0.15, 0.2) is 24.3 Å². The van der Waals surface area contributed by atoms with Gasteiger partial charge in [0, 0.05) is 0 Å². The number of aryl methyl sites for hydroxylation is 1. The number of carbonyl (C=O) groups excluding carboxylic acids is 1. The van der Waals surface area contributed by atoms with Crippen LogP contribution in [0, 0.1) is 0 Å². The fourth-order valence-corrected chi connectivity index (χ4v) is 2.76. The molecule has 0 aliphatic heterocycles. The molecule has 0 fully saturated rings. The van der Waals surface area contributed by atoms with Gasteiger partial charge in [-0.2, -0.15) is 5.21 Å². The number of aromatic nitrogens is 4. The maximum Gasteiger partial charge on any atom is 0.228 e. The van der Waals surface area contributed by atoms with E-state index in [4.69, 9.17) is 0 Å². The smallest absolute Gasteiger partial charge is 0.228 e. The summed E-state index contributed by atoms with van der Waals surface area (Å²) >= 11 is 0. The van der Waals surface area contributed by atoms with Crippen molar-refractivity contribution in [1.82, 2.24) is 25.9 Å². The van der Waals surface area contributed by atoms with E-state index in [1.54, 1.807) is 0 Å². The molecule has 0 bridgehead atoms. The van der Waals surface area contributed by atoms with Gasteiger partial charge in [0.15, 0.2) is 5.82 Å². The van der Waals surface area contributed by atoms with Crippen LogP contribution in [0.2, 0.25) is 0 Å². The molecule has 0 spiro atoms. The van der Waals surface area contributed by atoms with Crippen LogP contribution in [0.4, 0.5) is 0 Å². The van der Waals surface area contributed by atoms with E-state index in [-0.39, 0.29) is 17.9 Å². The first-order chi connectivity index (χ1) is 9.75. The molecule has 6 heteroatoms. The lowest BCUT2D eigenvalue weighted by molar-refractivity contribution is -0.123. The van der Waals surface area contributed by atoms with Gasteiger partial charge in [0.25, 0.3) is 0 Å². The molecule has 0 radical (unpaired) electrons. The zero-order chi connectivity index (χ0) is 13.9. The summed E-state index contributed by atoms with van der Waals surface area (Å²) in [6.07, 6.45) is 2.99. The van der Waals surface area contributed by atoms with Crippen LogP contribution in [0.1, 0.15) is 48.7 Å². The molecule has 1 aromatic carbocycles. The van der Waals surface area contributed by atoms with Crippen LogP contribution >= 0.6 is 0 Å². The van der Waals surface area contributed by atoms with Crippen LogP contribution < -0.4 is 5.32 Å². The minimum Gasteiger partial charge on any atom is -0.346 e. The van der Waals surface area contributed by atoms with Crippen molar-refractivity contribution in [3.8, 4) is 0 Å². The van der Waals surface area contributed by atoms with Crippen molar-refractivity contribution < 1.29 is 4.79 Å². The number of nitrogens with one attached hydrogen (secondary N) is 2. The van der Waals surface area contributed by atoms with E-state index in [9.17, 15) is 4.79 Å². The van der Waals surface area contributed by atoms with Crippen molar-refractivity contribution in [2.45, 2.75) is 38.1 Å². The van der Waals surface area contributed by atoms with Crippen LogP contribution in [0.5, 0.6) is 0 Å². The second-order valence-electron chi connectivity index (χ2n) is 5.14. The minimum atomic E-state index is -0.240. The molecule has 0 saturated carbocycles. The normalized spacial score (nSPS) is 19.1. The van der Waals surface area contributed by atoms with Gasteiger partial charge in [0.1, 0.15) is 0 Å². The van der Waals surface area contributed by atoms with E-state index >= 15 is 0 Å². The number of amides is 1. The summed E-state index contributed by atoms with van der Waals surface area (Å²) in [6, 6.07) is 7.94. The van der Waals surface area contributed by atoms with Gasteiger partial charge in [-0.1, -0.05) is 29.5 Å². The molecule has 6 nitrogen and oxygen atoms in total. The van der Waals surface area contributed by atoms with E-state index in [1.807, 2.05) is 19.1 Å². The van der Waals surface area contributed by atoms with Crippen molar-refractivity contribution in [2.24, 2.45) is 0 Å². The molecule has 3 rings (SSSR count). The summed E-state index contributed by atoms with van der Waals surface area (Å²) in [5.74, 6) is 0.464. The van der Waals surface area contributed by atoms with E-state index in [1.165, 1.54) is 5.56 Å². The number of fused-ring (bicyclic) bond motifs is 1. The van der Waals surface area contributed by atoms with E-state index in [0.29, 0.717) is 5.82 Å². The Balaban J connectivity index is 1.75. The van der Waals surface area contributed by atoms with Gasteiger partial charge in [-0.15, -0.1) is 10.2 Å². The van der Waals surface area contributed by atoms with Crippen molar-refractivity contribution in [2.75, 3.05) is 0 Å². The van der Waals surface area contributed by atoms with Gasteiger partial charge in [-0.3, -0.25) is 4.79 Å². The Morgan fingerprint density at radius 2 is 2.30 bits per heavy atom. The number of tetrazole rings is 1. The highest BCUT2D eigenvalue weighted by molar-refractivity contribution is 5.84. The Labute approximate surface area is 117 Å². The molecule has 1 amide bonds. The predicted molar refractivity (Wildman–Crippen MR) is 72.9 cm³/mol. The van der Waals surface area contributed by atoms with Gasteiger partial charge in [-0.05, 0) is 37.3 Å². The van der Waals surface area contributed by atoms with Crippen LogP contribution in [0.25, 0.3) is 0 Å². The Morgan fingerprint density at radius 1 is 1.45 bits per heavy atom. The fraction of sp³-hybridized carbons (Fsp3) is 0.429. The second kappa shape index (κ2) is 5.40. The summed E-state index contributed by atoms with van der Waals surface area (Å²) < 4.78 is 0. The predicted octanol–water partition coefficient (Wildman–Crippen LogP) is 1.50. The number of benzene rings is 1. The van der Waals surface area contributed by atoms with E-state index in [0.717, 1.165) is 24.8 Å². The minimum absolute atomic E-state index is 0.0365. The molecule has 2 atom stereocenters. The topological polar surface area (TPSA) is 83.6 Å². The molecule has 104 valence electrons. The first kappa shape index (κ1) is 12.8. The molecule has 1 aliphatic carbocycles. The van der Waals surface area contributed by atoms with Crippen LogP contribution in [0.3, 0.4) is 0 Å². The SMILES string of the molecule is CC(NC(=O)C1CCCc2ccccc21)c1nn[nH]n1. The zero-order valence-corrected chi connectivity index (χ0v) is 11.3. The monoisotopic (exact) mass is 271 g/mol. The van der Waals surface area contributed by atoms with Crippen molar-refractivity contribution >= 4 is 5.91 Å². The Bertz CT molecular complexity index is 595. The molecule has 1 heterocycles. The van der Waals surface area contributed by atoms with Crippen LogP contribution in [-0.2, 0) is 11.2 Å². The summed E-state index contributed by atoms with van der Waals surface area (Å²) in [5.41, 5.74) is 2.43. The molecule has 2 N–H and O–H groups in total. The average molecular weight is 271 g/mol. The third-order valence-corrected chi connectivity index (χ3v) is 3.79. The highest BCUT2D eigenvalue weighted by Gasteiger charge is 2.27. The Morgan fingerprint density at radius 3 is 3.10 bits per heavy atom. The molecule has 0 saturated heterocycles. The highest BCUT2D eigenvalue weighted by Crippen LogP contribution is 2.31. The molecule has 20 heavy (non-hydrogen) atoms. The first-order valence-electron chi connectivity index (χ1n) is 6.87. The van der Waals surface area contributed by atoms with E-state index in [2.05, 4.69) is 38.1 Å². The quantitative estimate of drug-likeness (QED) is 0.886. The molecule has 2 unspecified atom stereocenters. The number of carbonyl (C=O) groups is 1. The number of aromatic amines is 1. The van der Waals surface area contributed by atoms with Gasteiger partial charge >= 0.3 is 0 Å². The Kier molecular flexibility index (Phi) is 3.45. The average Bonchev–Trinajstić information content (AvgIpc) is 3.01. The second-order valence-corrected chi connectivity index (χ2v) is 5.14. The maximum atomic E-state index is 12.5. The van der Waals surface area contributed by atoms with Gasteiger partial charge in [0.05, 0.1) is 12.0 Å². The third-order valence-electron chi connectivity index (χ3n) is 3.79. The molecule has 1 aliphatic rings. The first-order valence-corrected chi connectivity index (χ1v) is 6.87. The summed E-state index contributed by atoms with van der Waals surface area (Å²) in [7, 11) is 0. The van der Waals surface area contributed by atoms with Gasteiger partial charge < -0.3 is 5.32 Å². The largest absolute Gasteiger partial charge is 0.346 e. The van der Waals surface area contributed by atoms with Crippen LogP contribution in [-0.4, -0.2) is 26.5 Å². The van der Waals surface area contributed by atoms with Crippen molar-refractivity contribution in [1.29, 1.82) is 0 Å². The van der Waals surface area contributed by atoms with Gasteiger partial charge in [-0.25, -0.2) is 0 Å². The summed E-state index contributed by atoms with van der Waals surface area (Å²) in [6.45, 7) is 1.86. The summed E-state index contributed by atoms with van der Waals surface area (Å²) in [4.78, 5) is 12.5. The molecule has 2 aromatic rings. The van der Waals surface area contributed by atoms with Crippen molar-refractivity contribution in [3.63, 3.8) is 0 Å². The Hall–Kier alpha value is -2.24. The number of hydrogen-bond donors (Lipinski definition) is 2. The zero-order valence-electron chi connectivity index (χ0n) is 11.3. The molecular formula is C14H17N5O. The maximum absolute atomic E-state index is 12.5. The standard InChI is InChI=1S/C14H17N5O/c1-9(13-16-18-19-17-13)15-14(20)12-8-4-6-10-5-2-3-7-11(10)12/h2-3,5,7,9,12H,4,6,8H2,1H3,(H,15,20)(H,16,17,18,19). The third kappa shape index (κ3) is 2.41. The number of nitrogens with zero attached hydrogens (tertiary/aromatic N) is 3.